The van der Waals surface area contributed by atoms with E-state index in [2.05, 4.69) is 10.6 Å². The maximum Gasteiger partial charge on any atom is 0.408 e. The van der Waals surface area contributed by atoms with Crippen LogP contribution in [0, 0.1) is 12.8 Å². The van der Waals surface area contributed by atoms with Crippen LogP contribution in [0.5, 0.6) is 5.75 Å². The minimum Gasteiger partial charge on any atom is -0.508 e. The molecule has 2 aromatic carbocycles. The van der Waals surface area contributed by atoms with E-state index in [1.807, 2.05) is 44.2 Å². The number of carbonyl (C=O) groups excluding carboxylic acids is 3. The van der Waals surface area contributed by atoms with Gasteiger partial charge in [0.1, 0.15) is 23.4 Å². The molecule has 3 amide bonds. The molecule has 2 aromatic rings. The molecule has 1 fully saturated rings. The minimum atomic E-state index is -0.930. The van der Waals surface area contributed by atoms with Crippen LogP contribution < -0.4 is 10.6 Å². The number of benzene rings is 2. The first-order valence-electron chi connectivity index (χ1n) is 13.8. The molecule has 0 aromatic heterocycles. The van der Waals surface area contributed by atoms with Gasteiger partial charge < -0.3 is 25.4 Å². The normalized spacial score (nSPS) is 15.2. The van der Waals surface area contributed by atoms with Gasteiger partial charge in [0.2, 0.25) is 11.8 Å². The zero-order valence-electron chi connectivity index (χ0n) is 24.0. The standard InChI is InChI=1S/C31H43N3O5/c1-20(2)17-25(33-30(38)39-31(4,5)6)29(37)34(24-13-10-14-24)27(23-15-16-26(35)21(3)18-23)28(36)32-19-22-11-8-7-9-12-22/h7-9,11-12,15-16,18,20,24-25,27,35H,10,13-14,17,19H2,1-6H3,(H,32,36)(H,33,38). The number of hydrogen-bond donors (Lipinski definition) is 3. The summed E-state index contributed by atoms with van der Waals surface area (Å²) in [6.45, 7) is 11.4. The smallest absolute Gasteiger partial charge is 0.408 e. The van der Waals surface area contributed by atoms with E-state index in [0.717, 1.165) is 24.8 Å². The Bertz CT molecular complexity index is 1140. The van der Waals surface area contributed by atoms with Crippen LogP contribution in [0.1, 0.15) is 83.0 Å². The average molecular weight is 538 g/mol. The molecule has 0 radical (unpaired) electrons. The van der Waals surface area contributed by atoms with Crippen LogP contribution in [0.15, 0.2) is 48.5 Å². The van der Waals surface area contributed by atoms with Crippen LogP contribution in [-0.2, 0) is 20.9 Å². The number of nitrogens with zero attached hydrogens (tertiary/aromatic N) is 1. The van der Waals surface area contributed by atoms with Crippen molar-refractivity contribution in [2.45, 2.75) is 97.5 Å². The van der Waals surface area contributed by atoms with Gasteiger partial charge in [-0.3, -0.25) is 9.59 Å². The lowest BCUT2D eigenvalue weighted by Gasteiger charge is -2.44. The third kappa shape index (κ3) is 8.47. The zero-order chi connectivity index (χ0) is 28.7. The number of carbonyl (C=O) groups is 3. The molecule has 2 unspecified atom stereocenters. The Morgan fingerprint density at radius 3 is 2.28 bits per heavy atom. The maximum atomic E-state index is 14.3. The first-order valence-corrected chi connectivity index (χ1v) is 13.8. The van der Waals surface area contributed by atoms with E-state index in [-0.39, 0.29) is 29.5 Å². The SMILES string of the molecule is Cc1cc(C(C(=O)NCc2ccccc2)N(C(=O)C(CC(C)C)NC(=O)OC(C)(C)C)C2CCC2)ccc1O. The van der Waals surface area contributed by atoms with E-state index in [4.69, 9.17) is 4.74 Å². The first-order chi connectivity index (χ1) is 18.4. The first kappa shape index (κ1) is 30.0. The molecule has 1 saturated carbocycles. The minimum absolute atomic E-state index is 0.110. The van der Waals surface area contributed by atoms with Gasteiger partial charge in [-0.2, -0.15) is 0 Å². The van der Waals surface area contributed by atoms with Gasteiger partial charge in [0.05, 0.1) is 0 Å². The van der Waals surface area contributed by atoms with Crippen molar-refractivity contribution in [3.05, 3.63) is 65.2 Å². The largest absolute Gasteiger partial charge is 0.508 e. The summed E-state index contributed by atoms with van der Waals surface area (Å²) in [6, 6.07) is 12.6. The average Bonchev–Trinajstić information content (AvgIpc) is 2.81. The number of nitrogens with one attached hydrogen (secondary N) is 2. The second kappa shape index (κ2) is 13.0. The summed E-state index contributed by atoms with van der Waals surface area (Å²) in [7, 11) is 0. The lowest BCUT2D eigenvalue weighted by atomic mass is 9.87. The molecule has 0 saturated heterocycles. The molecule has 2 atom stereocenters. The van der Waals surface area contributed by atoms with Gasteiger partial charge in [0, 0.05) is 12.6 Å². The van der Waals surface area contributed by atoms with Crippen LogP contribution >= 0.6 is 0 Å². The monoisotopic (exact) mass is 537 g/mol. The Morgan fingerprint density at radius 2 is 1.74 bits per heavy atom. The molecule has 0 aliphatic heterocycles. The van der Waals surface area contributed by atoms with Crippen molar-refractivity contribution in [2.24, 2.45) is 5.92 Å². The number of aryl methyl sites for hydroxylation is 1. The van der Waals surface area contributed by atoms with Gasteiger partial charge in [0.25, 0.3) is 0 Å². The summed E-state index contributed by atoms with van der Waals surface area (Å²) in [5.74, 6) is -0.402. The van der Waals surface area contributed by atoms with Gasteiger partial charge in [-0.15, -0.1) is 0 Å². The lowest BCUT2D eigenvalue weighted by Crippen LogP contribution is -2.57. The summed E-state index contributed by atoms with van der Waals surface area (Å²) in [5.41, 5.74) is 1.45. The molecule has 8 heteroatoms. The van der Waals surface area contributed by atoms with E-state index in [0.29, 0.717) is 24.1 Å². The number of phenolic OH excluding ortho intramolecular Hbond substituents is 1. The summed E-state index contributed by atoms with van der Waals surface area (Å²) >= 11 is 0. The molecular weight excluding hydrogens is 494 g/mol. The Kier molecular flexibility index (Phi) is 10.0. The predicted molar refractivity (Wildman–Crippen MR) is 151 cm³/mol. The Morgan fingerprint density at radius 1 is 1.08 bits per heavy atom. The highest BCUT2D eigenvalue weighted by Gasteiger charge is 2.42. The number of hydrogen-bond acceptors (Lipinski definition) is 5. The predicted octanol–water partition coefficient (Wildman–Crippen LogP) is 5.38. The summed E-state index contributed by atoms with van der Waals surface area (Å²) in [4.78, 5) is 42.6. The molecule has 39 heavy (non-hydrogen) atoms. The topological polar surface area (TPSA) is 108 Å². The summed E-state index contributed by atoms with van der Waals surface area (Å²) < 4.78 is 5.46. The van der Waals surface area contributed by atoms with Crippen molar-refractivity contribution in [1.82, 2.24) is 15.5 Å². The zero-order valence-corrected chi connectivity index (χ0v) is 24.0. The molecule has 0 spiro atoms. The van der Waals surface area contributed by atoms with E-state index < -0.39 is 23.8 Å². The van der Waals surface area contributed by atoms with Crippen molar-refractivity contribution in [1.29, 1.82) is 0 Å². The van der Waals surface area contributed by atoms with E-state index in [1.54, 1.807) is 50.8 Å². The number of rotatable bonds is 10. The molecule has 3 N–H and O–H groups in total. The third-order valence-electron chi connectivity index (χ3n) is 6.79. The molecule has 1 aliphatic rings. The highest BCUT2D eigenvalue weighted by atomic mass is 16.6. The van der Waals surface area contributed by atoms with Crippen LogP contribution in [0.4, 0.5) is 4.79 Å². The summed E-state index contributed by atoms with van der Waals surface area (Å²) in [5, 5.41) is 16.0. The fourth-order valence-electron chi connectivity index (χ4n) is 4.67. The van der Waals surface area contributed by atoms with Gasteiger partial charge in [-0.25, -0.2) is 4.79 Å². The van der Waals surface area contributed by atoms with E-state index >= 15 is 0 Å². The molecule has 0 bridgehead atoms. The molecule has 212 valence electrons. The molecule has 3 rings (SSSR count). The number of ether oxygens (including phenoxy) is 1. The number of phenols is 1. The van der Waals surface area contributed by atoms with Crippen molar-refractivity contribution < 1.29 is 24.2 Å². The molecular formula is C31H43N3O5. The molecule has 0 heterocycles. The Hall–Kier alpha value is -3.55. The number of aromatic hydroxyl groups is 1. The quantitative estimate of drug-likeness (QED) is 0.377. The maximum absolute atomic E-state index is 14.3. The molecule has 8 nitrogen and oxygen atoms in total. The van der Waals surface area contributed by atoms with Crippen LogP contribution in [0.25, 0.3) is 0 Å². The van der Waals surface area contributed by atoms with Crippen LogP contribution in [-0.4, -0.2) is 45.6 Å². The van der Waals surface area contributed by atoms with Gasteiger partial charge in [0.15, 0.2) is 0 Å². The van der Waals surface area contributed by atoms with Gasteiger partial charge in [-0.1, -0.05) is 50.2 Å². The van der Waals surface area contributed by atoms with Crippen molar-refractivity contribution in [2.75, 3.05) is 0 Å². The number of amides is 3. The van der Waals surface area contributed by atoms with Crippen LogP contribution in [0.2, 0.25) is 0 Å². The Labute approximate surface area is 232 Å². The fourth-order valence-corrected chi connectivity index (χ4v) is 4.67. The third-order valence-corrected chi connectivity index (χ3v) is 6.79. The lowest BCUT2D eigenvalue weighted by molar-refractivity contribution is -0.147. The highest BCUT2D eigenvalue weighted by molar-refractivity contribution is 5.92. The van der Waals surface area contributed by atoms with E-state index in [9.17, 15) is 19.5 Å². The second-order valence-electron chi connectivity index (χ2n) is 11.8. The van der Waals surface area contributed by atoms with E-state index in [1.165, 1.54) is 0 Å². The van der Waals surface area contributed by atoms with Gasteiger partial charge in [-0.05, 0) is 88.1 Å². The number of alkyl carbamates (subject to hydrolysis) is 1. The second-order valence-corrected chi connectivity index (χ2v) is 11.8. The summed E-state index contributed by atoms with van der Waals surface area (Å²) in [6.07, 6.45) is 2.22. The fraction of sp³-hybridized carbons (Fsp3) is 0.516. The van der Waals surface area contributed by atoms with Crippen molar-refractivity contribution >= 4 is 17.9 Å². The Balaban J connectivity index is 1.99. The van der Waals surface area contributed by atoms with Crippen molar-refractivity contribution in [3.8, 4) is 5.75 Å². The van der Waals surface area contributed by atoms with Gasteiger partial charge >= 0.3 is 6.09 Å². The highest BCUT2D eigenvalue weighted by Crippen LogP contribution is 2.35. The van der Waals surface area contributed by atoms with Crippen molar-refractivity contribution in [3.63, 3.8) is 0 Å². The van der Waals surface area contributed by atoms with Crippen LogP contribution in [0.3, 0.4) is 0 Å². The molecule has 1 aliphatic carbocycles.